The van der Waals surface area contributed by atoms with Crippen molar-refractivity contribution in [1.82, 2.24) is 4.98 Å². The standard InChI is InChI=1S/C12H13N3O2S/c13-11(15-16)7-9-1-3-10(4-2-9)17-8-12-14-5-6-18-12/h1-6,16H,7-8H2,(H2,13,15). The molecule has 3 N–H and O–H groups in total. The second-order valence-corrected chi connectivity index (χ2v) is 4.61. The minimum Gasteiger partial charge on any atom is -0.486 e. The Hall–Kier alpha value is -2.08. The highest BCUT2D eigenvalue weighted by Crippen LogP contribution is 2.15. The number of benzene rings is 1. The molecule has 94 valence electrons. The van der Waals surface area contributed by atoms with E-state index in [0.717, 1.165) is 16.3 Å². The van der Waals surface area contributed by atoms with E-state index in [1.165, 1.54) is 0 Å². The van der Waals surface area contributed by atoms with Crippen molar-refractivity contribution < 1.29 is 9.94 Å². The molecular weight excluding hydrogens is 250 g/mol. The fourth-order valence-electron chi connectivity index (χ4n) is 1.42. The van der Waals surface area contributed by atoms with Crippen LogP contribution >= 0.6 is 11.3 Å². The molecule has 1 heterocycles. The molecule has 2 rings (SSSR count). The van der Waals surface area contributed by atoms with E-state index in [0.29, 0.717) is 13.0 Å². The van der Waals surface area contributed by atoms with E-state index < -0.39 is 0 Å². The van der Waals surface area contributed by atoms with Gasteiger partial charge < -0.3 is 15.7 Å². The third kappa shape index (κ3) is 3.46. The van der Waals surface area contributed by atoms with Gasteiger partial charge in [-0.25, -0.2) is 4.98 Å². The highest BCUT2D eigenvalue weighted by atomic mass is 32.1. The van der Waals surface area contributed by atoms with Gasteiger partial charge in [-0.1, -0.05) is 17.3 Å². The summed E-state index contributed by atoms with van der Waals surface area (Å²) in [6, 6.07) is 7.48. The molecule has 0 radical (unpaired) electrons. The summed E-state index contributed by atoms with van der Waals surface area (Å²) in [7, 11) is 0. The fourth-order valence-corrected chi connectivity index (χ4v) is 1.94. The van der Waals surface area contributed by atoms with Crippen molar-refractivity contribution >= 4 is 17.2 Å². The van der Waals surface area contributed by atoms with Gasteiger partial charge >= 0.3 is 0 Å². The molecule has 0 fully saturated rings. The molecule has 0 aliphatic rings. The summed E-state index contributed by atoms with van der Waals surface area (Å²) in [5.41, 5.74) is 6.39. The average Bonchev–Trinajstić information content (AvgIpc) is 2.91. The Morgan fingerprint density at radius 2 is 2.17 bits per heavy atom. The molecular formula is C12H13N3O2S. The molecule has 0 spiro atoms. The van der Waals surface area contributed by atoms with Crippen LogP contribution < -0.4 is 10.5 Å². The molecule has 2 aromatic rings. The van der Waals surface area contributed by atoms with Crippen LogP contribution in [0, 0.1) is 0 Å². The first kappa shape index (κ1) is 12.4. The van der Waals surface area contributed by atoms with E-state index >= 15 is 0 Å². The zero-order valence-corrected chi connectivity index (χ0v) is 10.4. The highest BCUT2D eigenvalue weighted by molar-refractivity contribution is 7.09. The van der Waals surface area contributed by atoms with Crippen molar-refractivity contribution in [3.8, 4) is 5.75 Å². The third-order valence-electron chi connectivity index (χ3n) is 2.28. The average molecular weight is 263 g/mol. The summed E-state index contributed by atoms with van der Waals surface area (Å²) in [5, 5.41) is 14.3. The molecule has 0 aliphatic heterocycles. The van der Waals surface area contributed by atoms with Crippen molar-refractivity contribution in [2.45, 2.75) is 13.0 Å². The third-order valence-corrected chi connectivity index (χ3v) is 3.04. The minimum atomic E-state index is 0.187. The number of hydrogen-bond acceptors (Lipinski definition) is 5. The van der Waals surface area contributed by atoms with Crippen LogP contribution in [-0.2, 0) is 13.0 Å². The van der Waals surface area contributed by atoms with Crippen LogP contribution in [0.25, 0.3) is 0 Å². The van der Waals surface area contributed by atoms with Crippen molar-refractivity contribution in [3.05, 3.63) is 46.4 Å². The highest BCUT2D eigenvalue weighted by Gasteiger charge is 2.00. The number of oxime groups is 1. The largest absolute Gasteiger partial charge is 0.486 e. The Labute approximate surface area is 109 Å². The maximum atomic E-state index is 8.47. The van der Waals surface area contributed by atoms with Gasteiger partial charge in [-0.3, -0.25) is 0 Å². The molecule has 5 nitrogen and oxygen atoms in total. The van der Waals surface area contributed by atoms with Gasteiger partial charge in [-0.05, 0) is 17.7 Å². The molecule has 1 aromatic carbocycles. The fraction of sp³-hybridized carbons (Fsp3) is 0.167. The Bertz CT molecular complexity index is 509. The summed E-state index contributed by atoms with van der Waals surface area (Å²) in [6.45, 7) is 0.469. The normalized spacial score (nSPS) is 11.4. The number of rotatable bonds is 5. The predicted molar refractivity (Wildman–Crippen MR) is 70.0 cm³/mol. The van der Waals surface area contributed by atoms with Crippen molar-refractivity contribution in [1.29, 1.82) is 0 Å². The molecule has 0 amide bonds. The van der Waals surface area contributed by atoms with Gasteiger partial charge in [0.2, 0.25) is 0 Å². The van der Waals surface area contributed by atoms with E-state index in [4.69, 9.17) is 15.7 Å². The lowest BCUT2D eigenvalue weighted by Crippen LogP contribution is -2.14. The lowest BCUT2D eigenvalue weighted by atomic mass is 10.1. The Kier molecular flexibility index (Phi) is 4.14. The second kappa shape index (κ2) is 6.02. The van der Waals surface area contributed by atoms with Gasteiger partial charge in [0.05, 0.1) is 0 Å². The Morgan fingerprint density at radius 1 is 1.39 bits per heavy atom. The predicted octanol–water partition coefficient (Wildman–Crippen LogP) is 2.01. The van der Waals surface area contributed by atoms with E-state index in [1.54, 1.807) is 17.5 Å². The minimum absolute atomic E-state index is 0.187. The lowest BCUT2D eigenvalue weighted by Gasteiger charge is -2.05. The first-order valence-corrected chi connectivity index (χ1v) is 6.22. The van der Waals surface area contributed by atoms with Crippen LogP contribution in [0.15, 0.2) is 41.0 Å². The summed E-state index contributed by atoms with van der Waals surface area (Å²) in [5.74, 6) is 0.958. The van der Waals surface area contributed by atoms with Gasteiger partial charge in [0.1, 0.15) is 23.2 Å². The molecule has 6 heteroatoms. The summed E-state index contributed by atoms with van der Waals surface area (Å²) < 4.78 is 5.57. The number of hydrogen-bond donors (Lipinski definition) is 2. The van der Waals surface area contributed by atoms with Crippen LogP contribution in [0.4, 0.5) is 0 Å². The number of nitrogens with two attached hydrogens (primary N) is 1. The van der Waals surface area contributed by atoms with Crippen LogP contribution in [-0.4, -0.2) is 16.0 Å². The van der Waals surface area contributed by atoms with E-state index in [1.807, 2.05) is 29.6 Å². The summed E-state index contributed by atoms with van der Waals surface area (Å²) >= 11 is 1.56. The van der Waals surface area contributed by atoms with Gasteiger partial charge in [0.25, 0.3) is 0 Å². The molecule has 0 saturated heterocycles. The molecule has 0 atom stereocenters. The molecule has 0 saturated carbocycles. The molecule has 0 bridgehead atoms. The van der Waals surface area contributed by atoms with Crippen LogP contribution in [0.2, 0.25) is 0 Å². The SMILES string of the molecule is NC(Cc1ccc(OCc2nccs2)cc1)=NO. The first-order chi connectivity index (χ1) is 8.78. The van der Waals surface area contributed by atoms with Crippen LogP contribution in [0.1, 0.15) is 10.6 Å². The first-order valence-electron chi connectivity index (χ1n) is 5.34. The summed E-state index contributed by atoms with van der Waals surface area (Å²) in [4.78, 5) is 4.13. The molecule has 0 aliphatic carbocycles. The lowest BCUT2D eigenvalue weighted by molar-refractivity contribution is 0.305. The number of aromatic nitrogens is 1. The molecule has 18 heavy (non-hydrogen) atoms. The van der Waals surface area contributed by atoms with Crippen LogP contribution in [0.5, 0.6) is 5.75 Å². The topological polar surface area (TPSA) is 80.7 Å². The Morgan fingerprint density at radius 3 is 2.78 bits per heavy atom. The maximum absolute atomic E-state index is 8.47. The summed E-state index contributed by atoms with van der Waals surface area (Å²) in [6.07, 6.45) is 2.17. The van der Waals surface area contributed by atoms with Gasteiger partial charge in [0, 0.05) is 18.0 Å². The molecule has 0 unspecified atom stereocenters. The number of ether oxygens (including phenoxy) is 1. The monoisotopic (exact) mass is 263 g/mol. The van der Waals surface area contributed by atoms with Crippen molar-refractivity contribution in [2.75, 3.05) is 0 Å². The number of amidine groups is 1. The van der Waals surface area contributed by atoms with E-state index in [9.17, 15) is 0 Å². The van der Waals surface area contributed by atoms with Crippen molar-refractivity contribution in [3.63, 3.8) is 0 Å². The number of nitrogens with zero attached hydrogens (tertiary/aromatic N) is 2. The van der Waals surface area contributed by atoms with Crippen molar-refractivity contribution in [2.24, 2.45) is 10.9 Å². The quantitative estimate of drug-likeness (QED) is 0.374. The maximum Gasteiger partial charge on any atom is 0.143 e. The second-order valence-electron chi connectivity index (χ2n) is 3.63. The van der Waals surface area contributed by atoms with Crippen LogP contribution in [0.3, 0.4) is 0 Å². The van der Waals surface area contributed by atoms with Gasteiger partial charge in [0.15, 0.2) is 0 Å². The Balaban J connectivity index is 1.91. The molecule has 1 aromatic heterocycles. The number of thiazole rings is 1. The van der Waals surface area contributed by atoms with E-state index in [2.05, 4.69) is 10.1 Å². The van der Waals surface area contributed by atoms with Gasteiger partial charge in [-0.15, -0.1) is 11.3 Å². The van der Waals surface area contributed by atoms with E-state index in [-0.39, 0.29) is 5.84 Å². The zero-order chi connectivity index (χ0) is 12.8. The zero-order valence-electron chi connectivity index (χ0n) is 9.61. The smallest absolute Gasteiger partial charge is 0.143 e. The van der Waals surface area contributed by atoms with Gasteiger partial charge in [-0.2, -0.15) is 0 Å².